The molecule has 3 fully saturated rings. The molecule has 3 rings (SSSR count). The second kappa shape index (κ2) is 15.3. The van der Waals surface area contributed by atoms with Gasteiger partial charge in [0.1, 0.15) is 0 Å². The number of amides is 1. The van der Waals surface area contributed by atoms with Crippen LogP contribution < -0.4 is 10.6 Å². The first-order valence-electron chi connectivity index (χ1n) is 12.3. The highest BCUT2D eigenvalue weighted by atomic mass is 127. The second-order valence-corrected chi connectivity index (χ2v) is 8.99. The number of ether oxygens (including phenoxy) is 2. The lowest BCUT2D eigenvalue weighted by Crippen LogP contribution is -2.45. The van der Waals surface area contributed by atoms with Gasteiger partial charge in [0.2, 0.25) is 5.91 Å². The smallest absolute Gasteiger partial charge is 0.225 e. The molecule has 0 aromatic heterocycles. The zero-order chi connectivity index (χ0) is 21.0. The van der Waals surface area contributed by atoms with Gasteiger partial charge in [0.25, 0.3) is 0 Å². The molecule has 2 aliphatic heterocycles. The highest BCUT2D eigenvalue weighted by molar-refractivity contribution is 14.0. The predicted molar refractivity (Wildman–Crippen MR) is 135 cm³/mol. The summed E-state index contributed by atoms with van der Waals surface area (Å²) in [5, 5.41) is 6.88. The van der Waals surface area contributed by atoms with Crippen molar-refractivity contribution in [2.24, 2.45) is 16.8 Å². The van der Waals surface area contributed by atoms with Crippen LogP contribution in [0.1, 0.15) is 64.7 Å². The monoisotopic (exact) mass is 550 g/mol. The maximum Gasteiger partial charge on any atom is 0.225 e. The van der Waals surface area contributed by atoms with Crippen molar-refractivity contribution < 1.29 is 14.3 Å². The van der Waals surface area contributed by atoms with Crippen LogP contribution in [0.15, 0.2) is 4.99 Å². The molecule has 2 heterocycles. The molecular formula is C23H43IN4O3. The highest BCUT2D eigenvalue weighted by Gasteiger charge is 2.31. The van der Waals surface area contributed by atoms with E-state index in [1.807, 2.05) is 0 Å². The van der Waals surface area contributed by atoms with Gasteiger partial charge in [-0.15, -0.1) is 24.0 Å². The molecule has 1 saturated carbocycles. The first-order valence-corrected chi connectivity index (χ1v) is 12.3. The Kier molecular flexibility index (Phi) is 13.1. The Morgan fingerprint density at radius 2 is 1.90 bits per heavy atom. The average molecular weight is 551 g/mol. The number of hydrogen-bond donors (Lipinski definition) is 2. The molecule has 0 radical (unpaired) electrons. The SMILES string of the molecule is CCNC(=NCCCOCC1CCOCC1)NC1CCN(C(=O)C2CCCCC2)C1.I. The zero-order valence-corrected chi connectivity index (χ0v) is 21.6. The van der Waals surface area contributed by atoms with Gasteiger partial charge in [-0.2, -0.15) is 0 Å². The average Bonchev–Trinajstić information content (AvgIpc) is 3.25. The summed E-state index contributed by atoms with van der Waals surface area (Å²) in [4.78, 5) is 19.6. The molecule has 1 amide bonds. The molecule has 0 spiro atoms. The van der Waals surface area contributed by atoms with Crippen LogP contribution in [0.4, 0.5) is 0 Å². The molecular weight excluding hydrogens is 507 g/mol. The van der Waals surface area contributed by atoms with Crippen molar-refractivity contribution in [1.29, 1.82) is 0 Å². The lowest BCUT2D eigenvalue weighted by Gasteiger charge is -2.26. The number of nitrogens with one attached hydrogen (secondary N) is 2. The number of carbonyl (C=O) groups is 1. The Morgan fingerprint density at radius 1 is 1.13 bits per heavy atom. The number of hydrogen-bond acceptors (Lipinski definition) is 4. The van der Waals surface area contributed by atoms with Gasteiger partial charge in [-0.05, 0) is 51.4 Å². The molecule has 0 bridgehead atoms. The lowest BCUT2D eigenvalue weighted by atomic mass is 9.88. The van der Waals surface area contributed by atoms with Crippen LogP contribution in [0.3, 0.4) is 0 Å². The molecule has 2 N–H and O–H groups in total. The fourth-order valence-corrected chi connectivity index (χ4v) is 4.72. The maximum absolute atomic E-state index is 12.8. The van der Waals surface area contributed by atoms with Gasteiger partial charge in [0.15, 0.2) is 5.96 Å². The summed E-state index contributed by atoms with van der Waals surface area (Å²) in [5.74, 6) is 2.16. The van der Waals surface area contributed by atoms with Crippen LogP contribution in [0.25, 0.3) is 0 Å². The van der Waals surface area contributed by atoms with Gasteiger partial charge in [-0.3, -0.25) is 9.79 Å². The van der Waals surface area contributed by atoms with Crippen LogP contribution in [0.2, 0.25) is 0 Å². The summed E-state index contributed by atoms with van der Waals surface area (Å²) in [5.41, 5.74) is 0. The van der Waals surface area contributed by atoms with E-state index in [1.54, 1.807) is 0 Å². The molecule has 0 aromatic carbocycles. The van der Waals surface area contributed by atoms with Crippen molar-refractivity contribution in [3.8, 4) is 0 Å². The normalized spacial score (nSPS) is 23.5. The fraction of sp³-hybridized carbons (Fsp3) is 0.913. The summed E-state index contributed by atoms with van der Waals surface area (Å²) in [6, 6.07) is 0.292. The van der Waals surface area contributed by atoms with Crippen molar-refractivity contribution in [3.05, 3.63) is 0 Å². The van der Waals surface area contributed by atoms with Crippen molar-refractivity contribution in [2.45, 2.75) is 70.8 Å². The molecule has 7 nitrogen and oxygen atoms in total. The Labute approximate surface area is 205 Å². The van der Waals surface area contributed by atoms with Crippen molar-refractivity contribution in [2.75, 3.05) is 52.6 Å². The quantitative estimate of drug-likeness (QED) is 0.200. The van der Waals surface area contributed by atoms with Gasteiger partial charge >= 0.3 is 0 Å². The van der Waals surface area contributed by atoms with E-state index < -0.39 is 0 Å². The molecule has 31 heavy (non-hydrogen) atoms. The standard InChI is InChI=1S/C23H42N4O3.HI/c1-2-24-23(25-12-6-14-30-18-19-10-15-29-16-11-19)26-21-9-13-27(17-21)22(28)20-7-4-3-5-8-20;/h19-21H,2-18H2,1H3,(H2,24,25,26);1H. The van der Waals surface area contributed by atoms with Gasteiger partial charge < -0.3 is 25.0 Å². The molecule has 3 aliphatic rings. The Balaban J connectivity index is 0.00000341. The minimum Gasteiger partial charge on any atom is -0.381 e. The lowest BCUT2D eigenvalue weighted by molar-refractivity contribution is -0.135. The fourth-order valence-electron chi connectivity index (χ4n) is 4.72. The van der Waals surface area contributed by atoms with Gasteiger partial charge in [-0.25, -0.2) is 0 Å². The Hall–Kier alpha value is -0.610. The Bertz CT molecular complexity index is 537. The third-order valence-electron chi connectivity index (χ3n) is 6.55. The largest absolute Gasteiger partial charge is 0.381 e. The van der Waals surface area contributed by atoms with Crippen LogP contribution in [-0.4, -0.2) is 75.4 Å². The molecule has 1 aliphatic carbocycles. The van der Waals surface area contributed by atoms with E-state index in [1.165, 1.54) is 19.3 Å². The van der Waals surface area contributed by atoms with E-state index in [0.29, 0.717) is 17.9 Å². The number of carbonyl (C=O) groups excluding carboxylic acids is 1. The number of guanidine groups is 1. The van der Waals surface area contributed by atoms with E-state index in [9.17, 15) is 4.79 Å². The van der Waals surface area contributed by atoms with Crippen LogP contribution in [0, 0.1) is 11.8 Å². The predicted octanol–water partition coefficient (Wildman–Crippen LogP) is 3.17. The zero-order valence-electron chi connectivity index (χ0n) is 19.3. The number of aliphatic imine (C=N–C) groups is 1. The molecule has 0 aromatic rings. The van der Waals surface area contributed by atoms with Crippen molar-refractivity contribution in [3.63, 3.8) is 0 Å². The van der Waals surface area contributed by atoms with Crippen LogP contribution in [0.5, 0.6) is 0 Å². The first kappa shape index (κ1) is 26.6. The van der Waals surface area contributed by atoms with E-state index in [-0.39, 0.29) is 29.9 Å². The van der Waals surface area contributed by atoms with Crippen LogP contribution in [-0.2, 0) is 14.3 Å². The minimum atomic E-state index is 0. The van der Waals surface area contributed by atoms with Crippen LogP contribution >= 0.6 is 24.0 Å². The molecule has 2 saturated heterocycles. The van der Waals surface area contributed by atoms with Gasteiger partial charge in [-0.1, -0.05) is 19.3 Å². The third-order valence-corrected chi connectivity index (χ3v) is 6.55. The van der Waals surface area contributed by atoms with Crippen molar-refractivity contribution in [1.82, 2.24) is 15.5 Å². The van der Waals surface area contributed by atoms with E-state index in [0.717, 1.165) is 97.1 Å². The number of nitrogens with zero attached hydrogens (tertiary/aromatic N) is 2. The van der Waals surface area contributed by atoms with E-state index in [4.69, 9.17) is 14.5 Å². The maximum atomic E-state index is 12.8. The number of halogens is 1. The van der Waals surface area contributed by atoms with Gasteiger partial charge in [0, 0.05) is 64.6 Å². The molecule has 8 heteroatoms. The molecule has 1 unspecified atom stereocenters. The molecule has 180 valence electrons. The third kappa shape index (κ3) is 9.42. The van der Waals surface area contributed by atoms with Crippen molar-refractivity contribution >= 4 is 35.8 Å². The van der Waals surface area contributed by atoms with Gasteiger partial charge in [0.05, 0.1) is 0 Å². The molecule has 1 atom stereocenters. The summed E-state index contributed by atoms with van der Waals surface area (Å²) in [6.07, 6.45) is 10.0. The highest BCUT2D eigenvalue weighted by Crippen LogP contribution is 2.26. The number of rotatable bonds is 9. The first-order chi connectivity index (χ1) is 14.8. The topological polar surface area (TPSA) is 75.2 Å². The Morgan fingerprint density at radius 3 is 2.65 bits per heavy atom. The summed E-state index contributed by atoms with van der Waals surface area (Å²) in [7, 11) is 0. The van der Waals surface area contributed by atoms with E-state index >= 15 is 0 Å². The number of likely N-dealkylation sites (tertiary alicyclic amines) is 1. The summed E-state index contributed by atoms with van der Waals surface area (Å²) in [6.45, 7) is 8.69. The summed E-state index contributed by atoms with van der Waals surface area (Å²) >= 11 is 0. The second-order valence-electron chi connectivity index (χ2n) is 8.99. The summed E-state index contributed by atoms with van der Waals surface area (Å²) < 4.78 is 11.2. The van der Waals surface area contributed by atoms with E-state index in [2.05, 4.69) is 22.5 Å². The minimum absolute atomic E-state index is 0.